The second kappa shape index (κ2) is 9.42. The molecule has 2 aromatic carbocycles. The number of ketones is 1. The smallest absolute Gasteiger partial charge is 0.163 e. The van der Waals surface area contributed by atoms with E-state index in [0.29, 0.717) is 29.0 Å². The van der Waals surface area contributed by atoms with E-state index in [4.69, 9.17) is 11.6 Å². The van der Waals surface area contributed by atoms with E-state index in [1.807, 2.05) is 30.3 Å². The summed E-state index contributed by atoms with van der Waals surface area (Å²) in [5.74, 6) is -0.203. The van der Waals surface area contributed by atoms with Crippen LogP contribution in [-0.4, -0.2) is 10.8 Å². The van der Waals surface area contributed by atoms with Crippen molar-refractivity contribution in [3.8, 4) is 0 Å². The highest BCUT2D eigenvalue weighted by atomic mass is 127. The van der Waals surface area contributed by atoms with Crippen LogP contribution in [0.5, 0.6) is 0 Å². The van der Waals surface area contributed by atoms with Crippen LogP contribution < -0.4 is 0 Å². The molecule has 0 saturated carbocycles. The van der Waals surface area contributed by atoms with Crippen LogP contribution in [0.4, 0.5) is 4.39 Å². The monoisotopic (exact) mass is 493 g/mol. The number of Topliss-reactive ketones (excluding diaryl/α,β-unsaturated/α-hetero) is 1. The van der Waals surface area contributed by atoms with Gasteiger partial charge in [0, 0.05) is 39.4 Å². The average molecular weight is 494 g/mol. The Balaban J connectivity index is 1.68. The van der Waals surface area contributed by atoms with Crippen molar-refractivity contribution in [3.05, 3.63) is 97.6 Å². The third-order valence-corrected chi connectivity index (χ3v) is 5.26. The Kier molecular flexibility index (Phi) is 6.96. The molecule has 0 spiro atoms. The van der Waals surface area contributed by atoms with Gasteiger partial charge >= 0.3 is 0 Å². The lowest BCUT2D eigenvalue weighted by atomic mass is 9.96. The summed E-state index contributed by atoms with van der Waals surface area (Å²) < 4.78 is 15.0. The van der Waals surface area contributed by atoms with Gasteiger partial charge in [-0.25, -0.2) is 4.39 Å². The van der Waals surface area contributed by atoms with E-state index < -0.39 is 0 Å². The maximum absolute atomic E-state index is 14.2. The van der Waals surface area contributed by atoms with Crippen LogP contribution in [0.1, 0.15) is 39.9 Å². The summed E-state index contributed by atoms with van der Waals surface area (Å²) in [6.07, 6.45) is 5.57. The maximum atomic E-state index is 14.2. The van der Waals surface area contributed by atoms with Gasteiger partial charge in [-0.05, 0) is 82.5 Å². The lowest BCUT2D eigenvalue weighted by Crippen LogP contribution is -2.06. The molecular weight excluding hydrogens is 476 g/mol. The molecule has 3 aromatic rings. The minimum Gasteiger partial charge on any atom is -0.294 e. The Morgan fingerprint density at radius 1 is 1.11 bits per heavy atom. The molecule has 138 valence electrons. The summed E-state index contributed by atoms with van der Waals surface area (Å²) in [4.78, 5) is 16.8. The minimum atomic E-state index is -0.259. The zero-order valence-corrected chi connectivity index (χ0v) is 17.5. The van der Waals surface area contributed by atoms with Crippen LogP contribution in [0.15, 0.2) is 60.9 Å². The Hall–Kier alpha value is -1.79. The summed E-state index contributed by atoms with van der Waals surface area (Å²) in [6.45, 7) is 0. The van der Waals surface area contributed by atoms with E-state index in [9.17, 15) is 9.18 Å². The van der Waals surface area contributed by atoms with Crippen molar-refractivity contribution in [3.63, 3.8) is 0 Å². The number of aromatic nitrogens is 1. The molecule has 0 amide bonds. The van der Waals surface area contributed by atoms with Gasteiger partial charge < -0.3 is 0 Å². The third-order valence-electron chi connectivity index (χ3n) is 4.36. The van der Waals surface area contributed by atoms with Gasteiger partial charge in [0.25, 0.3) is 0 Å². The molecule has 0 atom stereocenters. The lowest BCUT2D eigenvalue weighted by molar-refractivity contribution is 0.0979. The van der Waals surface area contributed by atoms with Crippen LogP contribution in [0.2, 0.25) is 5.02 Å². The third kappa shape index (κ3) is 5.59. The second-order valence-corrected chi connectivity index (χ2v) is 8.03. The first kappa shape index (κ1) is 20.0. The molecule has 0 saturated heterocycles. The van der Waals surface area contributed by atoms with E-state index in [-0.39, 0.29) is 11.6 Å². The standard InChI is InChI=1S/C22H18ClFINO/c23-18-5-1-3-15(11-18)4-2-6-22(27)20-9-10-26-14-17(20)12-16-7-8-19(25)13-21(16)24/h1,3,5,7-11,13-14H,2,4,6,12H2. The fraction of sp³-hybridized carbons (Fsp3) is 0.182. The molecular formula is C22H18ClFINO. The molecule has 1 aromatic heterocycles. The average Bonchev–Trinajstić information content (AvgIpc) is 2.64. The summed E-state index contributed by atoms with van der Waals surface area (Å²) in [7, 11) is 0. The number of hydrogen-bond donors (Lipinski definition) is 0. The normalized spacial score (nSPS) is 10.8. The van der Waals surface area contributed by atoms with Gasteiger partial charge in [0.2, 0.25) is 0 Å². The highest BCUT2D eigenvalue weighted by molar-refractivity contribution is 14.1. The molecule has 2 nitrogen and oxygen atoms in total. The lowest BCUT2D eigenvalue weighted by Gasteiger charge is -2.09. The largest absolute Gasteiger partial charge is 0.294 e. The Morgan fingerprint density at radius 2 is 1.96 bits per heavy atom. The van der Waals surface area contributed by atoms with E-state index in [1.165, 1.54) is 6.07 Å². The van der Waals surface area contributed by atoms with Crippen molar-refractivity contribution in [2.24, 2.45) is 0 Å². The number of rotatable bonds is 7. The van der Waals surface area contributed by atoms with E-state index in [2.05, 4.69) is 27.6 Å². The summed E-state index contributed by atoms with van der Waals surface area (Å²) >= 11 is 8.08. The molecule has 0 aliphatic carbocycles. The molecule has 0 unspecified atom stereocenters. The SMILES string of the molecule is O=C(CCCc1cccc(Cl)c1)c1ccncc1Cc1ccc(I)cc1F. The number of aryl methyl sites for hydroxylation is 1. The zero-order valence-electron chi connectivity index (χ0n) is 14.6. The van der Waals surface area contributed by atoms with Crippen molar-refractivity contribution in [2.75, 3.05) is 0 Å². The molecule has 0 N–H and O–H groups in total. The summed E-state index contributed by atoms with van der Waals surface area (Å²) in [5.41, 5.74) is 3.06. The maximum Gasteiger partial charge on any atom is 0.163 e. The number of nitrogens with zero attached hydrogens (tertiary/aromatic N) is 1. The number of carbonyl (C=O) groups is 1. The number of carbonyl (C=O) groups excluding carboxylic acids is 1. The molecule has 27 heavy (non-hydrogen) atoms. The summed E-state index contributed by atoms with van der Waals surface area (Å²) in [6, 6.07) is 14.5. The van der Waals surface area contributed by atoms with Crippen molar-refractivity contribution < 1.29 is 9.18 Å². The van der Waals surface area contributed by atoms with E-state index in [0.717, 1.165) is 27.5 Å². The molecule has 0 aliphatic rings. The van der Waals surface area contributed by atoms with Gasteiger partial charge in [0.05, 0.1) is 0 Å². The Bertz CT molecular complexity index is 961. The first-order valence-corrected chi connectivity index (χ1v) is 10.1. The van der Waals surface area contributed by atoms with Gasteiger partial charge in [-0.2, -0.15) is 0 Å². The van der Waals surface area contributed by atoms with Crippen LogP contribution in [0.3, 0.4) is 0 Å². The number of benzene rings is 2. The molecule has 5 heteroatoms. The molecule has 3 rings (SSSR count). The fourth-order valence-corrected chi connectivity index (χ4v) is 3.66. The number of pyridine rings is 1. The van der Waals surface area contributed by atoms with Crippen LogP contribution in [0.25, 0.3) is 0 Å². The van der Waals surface area contributed by atoms with E-state index >= 15 is 0 Å². The van der Waals surface area contributed by atoms with Crippen LogP contribution in [-0.2, 0) is 12.8 Å². The van der Waals surface area contributed by atoms with Crippen molar-refractivity contribution >= 4 is 40.0 Å². The zero-order chi connectivity index (χ0) is 19.2. The highest BCUT2D eigenvalue weighted by Gasteiger charge is 2.13. The van der Waals surface area contributed by atoms with Crippen molar-refractivity contribution in [2.45, 2.75) is 25.7 Å². The first-order chi connectivity index (χ1) is 13.0. The fourth-order valence-electron chi connectivity index (χ4n) is 2.99. The Labute approximate surface area is 176 Å². The quantitative estimate of drug-likeness (QED) is 0.287. The predicted molar refractivity (Wildman–Crippen MR) is 115 cm³/mol. The van der Waals surface area contributed by atoms with Crippen LogP contribution in [0, 0.1) is 9.39 Å². The molecule has 0 fully saturated rings. The predicted octanol–water partition coefficient (Wildman–Crippen LogP) is 6.28. The Morgan fingerprint density at radius 3 is 2.74 bits per heavy atom. The summed E-state index contributed by atoms with van der Waals surface area (Å²) in [5, 5.41) is 0.704. The van der Waals surface area contributed by atoms with Gasteiger partial charge in [-0.15, -0.1) is 0 Å². The van der Waals surface area contributed by atoms with Gasteiger partial charge in [-0.1, -0.05) is 29.8 Å². The highest BCUT2D eigenvalue weighted by Crippen LogP contribution is 2.20. The molecule has 0 aliphatic heterocycles. The first-order valence-electron chi connectivity index (χ1n) is 8.67. The number of hydrogen-bond acceptors (Lipinski definition) is 2. The topological polar surface area (TPSA) is 30.0 Å². The van der Waals surface area contributed by atoms with Gasteiger partial charge in [0.1, 0.15) is 5.82 Å². The van der Waals surface area contributed by atoms with Crippen molar-refractivity contribution in [1.29, 1.82) is 0 Å². The van der Waals surface area contributed by atoms with Gasteiger partial charge in [0.15, 0.2) is 5.78 Å². The number of halogens is 3. The van der Waals surface area contributed by atoms with Gasteiger partial charge in [-0.3, -0.25) is 9.78 Å². The van der Waals surface area contributed by atoms with Crippen LogP contribution >= 0.6 is 34.2 Å². The minimum absolute atomic E-state index is 0.0559. The van der Waals surface area contributed by atoms with Crippen molar-refractivity contribution in [1.82, 2.24) is 4.98 Å². The second-order valence-electron chi connectivity index (χ2n) is 6.35. The molecule has 1 heterocycles. The molecule has 0 bridgehead atoms. The molecule has 0 radical (unpaired) electrons. The van der Waals surface area contributed by atoms with E-state index in [1.54, 1.807) is 24.5 Å².